The predicted molar refractivity (Wildman–Crippen MR) is 114 cm³/mol. The Morgan fingerprint density at radius 2 is 1.11 bits per heavy atom. The van der Waals surface area contributed by atoms with Gasteiger partial charge in [0, 0.05) is 0 Å². The molecule has 0 heterocycles. The summed E-state index contributed by atoms with van der Waals surface area (Å²) >= 11 is 0. The average molecular weight is 391 g/mol. The lowest BCUT2D eigenvalue weighted by atomic mass is 9.86. The molecule has 28 heavy (non-hydrogen) atoms. The summed E-state index contributed by atoms with van der Waals surface area (Å²) in [5.41, 5.74) is 1.43. The molecular formula is C24H38O4. The molecule has 4 nitrogen and oxygen atoms in total. The average Bonchev–Trinajstić information content (AvgIpc) is 2.61. The van der Waals surface area contributed by atoms with Crippen LogP contribution in [0.4, 0.5) is 0 Å². The zero-order valence-corrected chi connectivity index (χ0v) is 18.1. The lowest BCUT2D eigenvalue weighted by molar-refractivity contribution is -0.148. The second-order valence-electron chi connectivity index (χ2n) is 9.32. The molecule has 0 saturated heterocycles. The van der Waals surface area contributed by atoms with Crippen molar-refractivity contribution in [3.8, 4) is 0 Å². The second kappa shape index (κ2) is 11.2. The molecule has 0 aliphatic rings. The van der Waals surface area contributed by atoms with Crippen molar-refractivity contribution in [2.45, 2.75) is 91.9 Å². The SMILES string of the molecule is CC(C)(CCCCCCc1cccc(CCCCC(C)(C)C(=O)O)c1)C(=O)O. The number of carboxylic acid groups (broad SMARTS) is 2. The maximum absolute atomic E-state index is 11.1. The Labute approximate surface area is 170 Å². The van der Waals surface area contributed by atoms with Gasteiger partial charge in [0.2, 0.25) is 0 Å². The van der Waals surface area contributed by atoms with Crippen molar-refractivity contribution in [3.63, 3.8) is 0 Å². The number of carbonyl (C=O) groups is 2. The third-order valence-corrected chi connectivity index (χ3v) is 5.68. The quantitative estimate of drug-likeness (QED) is 0.376. The Morgan fingerprint density at radius 1 is 0.714 bits per heavy atom. The first-order valence-electron chi connectivity index (χ1n) is 10.6. The summed E-state index contributed by atoms with van der Waals surface area (Å²) in [4.78, 5) is 22.3. The molecule has 1 aromatic carbocycles. The number of hydrogen-bond donors (Lipinski definition) is 2. The first-order valence-corrected chi connectivity index (χ1v) is 10.6. The first-order chi connectivity index (χ1) is 13.0. The predicted octanol–water partition coefficient (Wildman–Crippen LogP) is 6.11. The number of aryl methyl sites for hydroxylation is 2. The van der Waals surface area contributed by atoms with Gasteiger partial charge in [-0.15, -0.1) is 0 Å². The third kappa shape index (κ3) is 8.90. The molecule has 0 aliphatic carbocycles. The molecule has 0 radical (unpaired) electrons. The molecule has 0 aromatic heterocycles. The van der Waals surface area contributed by atoms with Crippen LogP contribution in [-0.2, 0) is 22.4 Å². The van der Waals surface area contributed by atoms with E-state index < -0.39 is 22.8 Å². The van der Waals surface area contributed by atoms with E-state index in [1.807, 2.05) is 0 Å². The lowest BCUT2D eigenvalue weighted by Crippen LogP contribution is -2.23. The van der Waals surface area contributed by atoms with Crippen LogP contribution in [0.2, 0.25) is 0 Å². The van der Waals surface area contributed by atoms with Crippen LogP contribution < -0.4 is 0 Å². The van der Waals surface area contributed by atoms with E-state index in [9.17, 15) is 9.59 Å². The summed E-state index contributed by atoms with van der Waals surface area (Å²) in [5, 5.41) is 18.3. The van der Waals surface area contributed by atoms with Crippen LogP contribution in [-0.4, -0.2) is 22.2 Å². The summed E-state index contributed by atoms with van der Waals surface area (Å²) in [5.74, 6) is -1.43. The van der Waals surface area contributed by atoms with Crippen LogP contribution in [0.3, 0.4) is 0 Å². The minimum atomic E-state index is -0.721. The molecule has 0 unspecified atom stereocenters. The topological polar surface area (TPSA) is 74.6 Å². The molecule has 2 N–H and O–H groups in total. The standard InChI is InChI=1S/C24H38O4/c1-23(2,21(25)26)16-9-6-5-7-12-19-14-11-15-20(18-19)13-8-10-17-24(3,4)22(27)28/h11,14-15,18H,5-10,12-13,16-17H2,1-4H3,(H,25,26)(H,27,28). The summed E-state index contributed by atoms with van der Waals surface area (Å²) in [6.07, 6.45) is 9.73. The molecule has 0 spiro atoms. The number of carboxylic acids is 2. The Hall–Kier alpha value is -1.84. The van der Waals surface area contributed by atoms with Gasteiger partial charge in [-0.2, -0.15) is 0 Å². The molecule has 4 heteroatoms. The minimum Gasteiger partial charge on any atom is -0.481 e. The van der Waals surface area contributed by atoms with Crippen molar-refractivity contribution in [1.29, 1.82) is 0 Å². The molecule has 1 aromatic rings. The number of rotatable bonds is 14. The highest BCUT2D eigenvalue weighted by molar-refractivity contribution is 5.73. The van der Waals surface area contributed by atoms with Gasteiger partial charge in [-0.1, -0.05) is 49.9 Å². The van der Waals surface area contributed by atoms with E-state index in [4.69, 9.17) is 10.2 Å². The van der Waals surface area contributed by atoms with Gasteiger partial charge in [0.25, 0.3) is 0 Å². The molecule has 0 atom stereocenters. The van der Waals surface area contributed by atoms with Gasteiger partial charge in [-0.25, -0.2) is 0 Å². The zero-order chi connectivity index (χ0) is 21.2. The van der Waals surface area contributed by atoms with E-state index in [-0.39, 0.29) is 0 Å². The monoisotopic (exact) mass is 390 g/mol. The van der Waals surface area contributed by atoms with Crippen molar-refractivity contribution in [1.82, 2.24) is 0 Å². The summed E-state index contributed by atoms with van der Waals surface area (Å²) < 4.78 is 0. The molecule has 0 aliphatic heterocycles. The van der Waals surface area contributed by atoms with Crippen molar-refractivity contribution in [2.75, 3.05) is 0 Å². The van der Waals surface area contributed by atoms with Gasteiger partial charge >= 0.3 is 11.9 Å². The van der Waals surface area contributed by atoms with Crippen LogP contribution in [0, 0.1) is 10.8 Å². The second-order valence-corrected chi connectivity index (χ2v) is 9.32. The van der Waals surface area contributed by atoms with Crippen molar-refractivity contribution < 1.29 is 19.8 Å². The largest absolute Gasteiger partial charge is 0.481 e. The van der Waals surface area contributed by atoms with E-state index in [1.165, 1.54) is 11.1 Å². The van der Waals surface area contributed by atoms with Crippen molar-refractivity contribution >= 4 is 11.9 Å². The van der Waals surface area contributed by atoms with Gasteiger partial charge in [0.15, 0.2) is 0 Å². The van der Waals surface area contributed by atoms with E-state index >= 15 is 0 Å². The van der Waals surface area contributed by atoms with Gasteiger partial charge in [0.1, 0.15) is 0 Å². The Morgan fingerprint density at radius 3 is 1.57 bits per heavy atom. The molecule has 0 saturated carbocycles. The van der Waals surface area contributed by atoms with Crippen molar-refractivity contribution in [2.24, 2.45) is 10.8 Å². The molecule has 0 amide bonds. The molecule has 0 bridgehead atoms. The fourth-order valence-corrected chi connectivity index (χ4v) is 3.30. The number of benzene rings is 1. The van der Waals surface area contributed by atoms with Crippen LogP contribution in [0.1, 0.15) is 90.2 Å². The van der Waals surface area contributed by atoms with Crippen LogP contribution >= 0.6 is 0 Å². The fraction of sp³-hybridized carbons (Fsp3) is 0.667. The molecular weight excluding hydrogens is 352 g/mol. The van der Waals surface area contributed by atoms with Crippen LogP contribution in [0.25, 0.3) is 0 Å². The number of aliphatic carboxylic acids is 2. The van der Waals surface area contributed by atoms with Crippen LogP contribution in [0.15, 0.2) is 24.3 Å². The molecule has 158 valence electrons. The van der Waals surface area contributed by atoms with Gasteiger partial charge in [-0.05, 0) is 77.3 Å². The normalized spacial score (nSPS) is 12.1. The highest BCUT2D eigenvalue weighted by Crippen LogP contribution is 2.25. The van der Waals surface area contributed by atoms with Gasteiger partial charge in [0.05, 0.1) is 10.8 Å². The van der Waals surface area contributed by atoms with E-state index in [0.717, 1.165) is 57.8 Å². The zero-order valence-electron chi connectivity index (χ0n) is 18.1. The lowest BCUT2D eigenvalue weighted by Gasteiger charge is -2.18. The highest BCUT2D eigenvalue weighted by atomic mass is 16.4. The minimum absolute atomic E-state index is 0.617. The molecule has 1 rings (SSSR count). The van der Waals surface area contributed by atoms with Gasteiger partial charge in [-0.3, -0.25) is 9.59 Å². The summed E-state index contributed by atoms with van der Waals surface area (Å²) in [7, 11) is 0. The van der Waals surface area contributed by atoms with Crippen molar-refractivity contribution in [3.05, 3.63) is 35.4 Å². The highest BCUT2D eigenvalue weighted by Gasteiger charge is 2.26. The molecule has 0 fully saturated rings. The summed E-state index contributed by atoms with van der Waals surface area (Å²) in [6, 6.07) is 8.71. The van der Waals surface area contributed by atoms with E-state index in [2.05, 4.69) is 24.3 Å². The summed E-state index contributed by atoms with van der Waals surface area (Å²) in [6.45, 7) is 7.17. The maximum Gasteiger partial charge on any atom is 0.309 e. The first kappa shape index (κ1) is 24.2. The van der Waals surface area contributed by atoms with E-state index in [0.29, 0.717) is 6.42 Å². The Balaban J connectivity index is 2.26. The number of unbranched alkanes of at least 4 members (excludes halogenated alkanes) is 4. The maximum atomic E-state index is 11.1. The number of hydrogen-bond acceptors (Lipinski definition) is 2. The fourth-order valence-electron chi connectivity index (χ4n) is 3.30. The van der Waals surface area contributed by atoms with E-state index in [1.54, 1.807) is 27.7 Å². The van der Waals surface area contributed by atoms with Gasteiger partial charge < -0.3 is 10.2 Å². The van der Waals surface area contributed by atoms with Crippen LogP contribution in [0.5, 0.6) is 0 Å². The Bertz CT molecular complexity index is 631. The smallest absolute Gasteiger partial charge is 0.309 e. The third-order valence-electron chi connectivity index (χ3n) is 5.68. The Kier molecular flexibility index (Phi) is 9.71.